The lowest BCUT2D eigenvalue weighted by atomic mass is 9.59. The molecule has 158 valence electrons. The van der Waals surface area contributed by atoms with E-state index in [9.17, 15) is 20.4 Å². The number of benzene rings is 2. The molecule has 0 radical (unpaired) electrons. The van der Waals surface area contributed by atoms with E-state index in [1.165, 1.54) is 22.3 Å². The van der Waals surface area contributed by atoms with Gasteiger partial charge in [-0.15, -0.1) is 0 Å². The van der Waals surface area contributed by atoms with Crippen molar-refractivity contribution >= 4 is 0 Å². The lowest BCUT2D eigenvalue weighted by Crippen LogP contribution is -2.45. The minimum Gasteiger partial charge on any atom is -0.396 e. The maximum atomic E-state index is 10.5. The normalized spacial score (nSPS) is 16.3. The summed E-state index contributed by atoms with van der Waals surface area (Å²) in [5, 5.41) is 39.6. The third-order valence-electron chi connectivity index (χ3n) is 6.69. The molecule has 0 aliphatic heterocycles. The van der Waals surface area contributed by atoms with E-state index in [0.29, 0.717) is 12.8 Å². The molecule has 1 aliphatic rings. The molecule has 0 fully saturated rings. The van der Waals surface area contributed by atoms with Crippen LogP contribution in [0.2, 0.25) is 0 Å². The van der Waals surface area contributed by atoms with Crippen LogP contribution in [0, 0.1) is 11.8 Å². The first-order valence-electron chi connectivity index (χ1n) is 10.9. The topological polar surface area (TPSA) is 80.9 Å². The third-order valence-corrected chi connectivity index (χ3v) is 6.69. The average molecular weight is 399 g/mol. The standard InChI is InChI=1S/C25H34O4/c26-15-7-5-9-19(17-28)25(20(18-29)10-6-8-16-27)23-13-3-1-11-21(23)22-12-2-4-14-24(22)25/h1-4,11-14,19-20,26-29H,5-10,15-18H2. The minimum absolute atomic E-state index is 0.0323. The number of hydrogen-bond donors (Lipinski definition) is 4. The highest BCUT2D eigenvalue weighted by molar-refractivity contribution is 5.81. The first kappa shape index (κ1) is 22.0. The van der Waals surface area contributed by atoms with Gasteiger partial charge in [-0.25, -0.2) is 0 Å². The van der Waals surface area contributed by atoms with Crippen molar-refractivity contribution < 1.29 is 20.4 Å². The van der Waals surface area contributed by atoms with E-state index >= 15 is 0 Å². The van der Waals surface area contributed by atoms with Crippen LogP contribution in [0.25, 0.3) is 11.1 Å². The van der Waals surface area contributed by atoms with Gasteiger partial charge in [0.1, 0.15) is 0 Å². The maximum Gasteiger partial charge on any atom is 0.0471 e. The van der Waals surface area contributed by atoms with E-state index in [2.05, 4.69) is 24.3 Å². The van der Waals surface area contributed by atoms with Gasteiger partial charge in [0.15, 0.2) is 0 Å². The fourth-order valence-electron chi connectivity index (χ4n) is 5.45. The van der Waals surface area contributed by atoms with Crippen molar-refractivity contribution in [3.63, 3.8) is 0 Å². The predicted molar refractivity (Wildman–Crippen MR) is 116 cm³/mol. The number of aliphatic hydroxyl groups is 4. The molecule has 2 aromatic rings. The summed E-state index contributed by atoms with van der Waals surface area (Å²) in [5.74, 6) is -0.102. The first-order valence-corrected chi connectivity index (χ1v) is 10.9. The summed E-state index contributed by atoms with van der Waals surface area (Å²) in [6, 6.07) is 16.8. The van der Waals surface area contributed by atoms with Crippen LogP contribution in [0.4, 0.5) is 0 Å². The Hall–Kier alpha value is -1.72. The van der Waals surface area contributed by atoms with Gasteiger partial charge in [-0.2, -0.15) is 0 Å². The van der Waals surface area contributed by atoms with Gasteiger partial charge in [0.25, 0.3) is 0 Å². The van der Waals surface area contributed by atoms with E-state index in [-0.39, 0.29) is 38.3 Å². The van der Waals surface area contributed by atoms with Crippen LogP contribution in [0.15, 0.2) is 48.5 Å². The molecular weight excluding hydrogens is 364 g/mol. The van der Waals surface area contributed by atoms with Crippen molar-refractivity contribution in [2.45, 2.75) is 43.9 Å². The van der Waals surface area contributed by atoms with Crippen molar-refractivity contribution in [3.8, 4) is 11.1 Å². The van der Waals surface area contributed by atoms with Gasteiger partial charge >= 0.3 is 0 Å². The smallest absolute Gasteiger partial charge is 0.0471 e. The van der Waals surface area contributed by atoms with E-state index < -0.39 is 5.41 Å². The predicted octanol–water partition coefficient (Wildman–Crippen LogP) is 3.50. The van der Waals surface area contributed by atoms with Crippen LogP contribution >= 0.6 is 0 Å². The Morgan fingerprint density at radius 1 is 0.586 bits per heavy atom. The Morgan fingerprint density at radius 3 is 1.38 bits per heavy atom. The van der Waals surface area contributed by atoms with Gasteiger partial charge in [0, 0.05) is 31.8 Å². The van der Waals surface area contributed by atoms with Gasteiger partial charge in [-0.3, -0.25) is 0 Å². The number of hydrogen-bond acceptors (Lipinski definition) is 4. The van der Waals surface area contributed by atoms with Crippen LogP contribution in [-0.4, -0.2) is 46.9 Å². The van der Waals surface area contributed by atoms with Crippen LogP contribution in [0.1, 0.15) is 49.7 Å². The molecule has 4 N–H and O–H groups in total. The minimum atomic E-state index is -0.471. The number of aliphatic hydroxyl groups excluding tert-OH is 4. The Balaban J connectivity index is 2.17. The summed E-state index contributed by atoms with van der Waals surface area (Å²) >= 11 is 0. The van der Waals surface area contributed by atoms with Gasteiger partial charge in [0.05, 0.1) is 0 Å². The Kier molecular flexibility index (Phi) is 7.84. The van der Waals surface area contributed by atoms with E-state index in [4.69, 9.17) is 0 Å². The van der Waals surface area contributed by atoms with E-state index in [1.807, 2.05) is 24.3 Å². The van der Waals surface area contributed by atoms with Crippen LogP contribution in [0.3, 0.4) is 0 Å². The zero-order valence-corrected chi connectivity index (χ0v) is 17.1. The fraction of sp³-hybridized carbons (Fsp3) is 0.520. The van der Waals surface area contributed by atoms with Crippen molar-refractivity contribution in [2.24, 2.45) is 11.8 Å². The Bertz CT molecular complexity index is 707. The lowest BCUT2D eigenvalue weighted by molar-refractivity contribution is 0.0763. The zero-order chi connectivity index (χ0) is 20.7. The molecule has 0 saturated heterocycles. The number of unbranched alkanes of at least 4 members (excludes halogenated alkanes) is 2. The van der Waals surface area contributed by atoms with Gasteiger partial charge in [0.2, 0.25) is 0 Å². The monoisotopic (exact) mass is 398 g/mol. The third kappa shape index (κ3) is 3.99. The quantitative estimate of drug-likeness (QED) is 0.413. The summed E-state index contributed by atoms with van der Waals surface area (Å²) in [5.41, 5.74) is 4.27. The van der Waals surface area contributed by atoms with E-state index in [0.717, 1.165) is 25.7 Å². The summed E-state index contributed by atoms with van der Waals surface area (Å²) in [6.07, 6.45) is 4.67. The molecule has 0 aromatic heterocycles. The Morgan fingerprint density at radius 2 is 1.00 bits per heavy atom. The molecular formula is C25H34O4. The van der Waals surface area contributed by atoms with Gasteiger partial charge < -0.3 is 20.4 Å². The first-order chi connectivity index (χ1) is 14.2. The fourth-order valence-corrected chi connectivity index (χ4v) is 5.45. The summed E-state index contributed by atoms with van der Waals surface area (Å²) in [6.45, 7) is 0.367. The van der Waals surface area contributed by atoms with Crippen molar-refractivity contribution in [3.05, 3.63) is 59.7 Å². The molecule has 3 rings (SSSR count). The van der Waals surface area contributed by atoms with Crippen LogP contribution in [0.5, 0.6) is 0 Å². The van der Waals surface area contributed by atoms with E-state index in [1.54, 1.807) is 0 Å². The molecule has 2 atom stereocenters. The lowest BCUT2D eigenvalue weighted by Gasteiger charge is -2.45. The number of fused-ring (bicyclic) bond motifs is 3. The molecule has 0 bridgehead atoms. The maximum absolute atomic E-state index is 10.5. The Labute approximate surface area is 173 Å². The van der Waals surface area contributed by atoms with Crippen LogP contribution in [-0.2, 0) is 5.41 Å². The van der Waals surface area contributed by atoms with Gasteiger partial charge in [-0.1, -0.05) is 61.4 Å². The van der Waals surface area contributed by atoms with Crippen LogP contribution < -0.4 is 0 Å². The molecule has 0 spiro atoms. The molecule has 2 aromatic carbocycles. The second-order valence-electron chi connectivity index (χ2n) is 8.16. The SMILES string of the molecule is OCCCCC(CO)C1(C(CO)CCCCO)c2ccccc2-c2ccccc21. The zero-order valence-electron chi connectivity index (χ0n) is 17.1. The summed E-state index contributed by atoms with van der Waals surface area (Å²) in [4.78, 5) is 0. The molecule has 2 unspecified atom stereocenters. The molecule has 29 heavy (non-hydrogen) atoms. The van der Waals surface area contributed by atoms with Crippen molar-refractivity contribution in [1.82, 2.24) is 0 Å². The van der Waals surface area contributed by atoms with Crippen molar-refractivity contribution in [2.75, 3.05) is 26.4 Å². The average Bonchev–Trinajstić information content (AvgIpc) is 3.06. The molecule has 1 aliphatic carbocycles. The second kappa shape index (κ2) is 10.4. The molecule has 4 nitrogen and oxygen atoms in total. The highest BCUT2D eigenvalue weighted by Crippen LogP contribution is 2.58. The summed E-state index contributed by atoms with van der Waals surface area (Å²) in [7, 11) is 0. The van der Waals surface area contributed by atoms with Crippen molar-refractivity contribution in [1.29, 1.82) is 0 Å². The molecule has 0 saturated carbocycles. The summed E-state index contributed by atoms with van der Waals surface area (Å²) < 4.78 is 0. The second-order valence-corrected chi connectivity index (χ2v) is 8.16. The molecule has 4 heteroatoms. The molecule has 0 amide bonds. The highest BCUT2D eigenvalue weighted by atomic mass is 16.3. The largest absolute Gasteiger partial charge is 0.396 e. The highest BCUT2D eigenvalue weighted by Gasteiger charge is 2.52. The number of rotatable bonds is 12. The molecule has 0 heterocycles. The van der Waals surface area contributed by atoms with Gasteiger partial charge in [-0.05, 0) is 59.8 Å².